The van der Waals surface area contributed by atoms with Crippen LogP contribution in [0.4, 0.5) is 5.69 Å². The van der Waals surface area contributed by atoms with Crippen molar-refractivity contribution in [3.05, 3.63) is 72.3 Å². The summed E-state index contributed by atoms with van der Waals surface area (Å²) in [6.07, 6.45) is 6.20. The number of benzene rings is 2. The zero-order chi connectivity index (χ0) is 15.6. The smallest absolute Gasteiger partial charge is 0.255 e. The lowest BCUT2D eigenvalue weighted by atomic mass is 10.1. The predicted molar refractivity (Wildman–Crippen MR) is 87.2 cm³/mol. The molecule has 3 aromatic rings. The monoisotopic (exact) mass is 305 g/mol. The van der Waals surface area contributed by atoms with Crippen LogP contribution in [-0.2, 0) is 6.42 Å². The van der Waals surface area contributed by atoms with E-state index in [9.17, 15) is 4.79 Å². The zero-order valence-electron chi connectivity index (χ0n) is 12.4. The van der Waals surface area contributed by atoms with Gasteiger partial charge in [-0.25, -0.2) is 4.98 Å². The number of carbonyl (C=O) groups excluding carboxylic acids is 1. The van der Waals surface area contributed by atoms with Crippen LogP contribution in [0.15, 0.2) is 61.2 Å². The van der Waals surface area contributed by atoms with Gasteiger partial charge in [0.1, 0.15) is 5.75 Å². The molecule has 1 aliphatic heterocycles. The van der Waals surface area contributed by atoms with Gasteiger partial charge in [-0.1, -0.05) is 0 Å². The van der Waals surface area contributed by atoms with Crippen molar-refractivity contribution in [2.24, 2.45) is 0 Å². The van der Waals surface area contributed by atoms with Gasteiger partial charge in [0.25, 0.3) is 5.91 Å². The van der Waals surface area contributed by atoms with Crippen molar-refractivity contribution < 1.29 is 9.53 Å². The lowest BCUT2D eigenvalue weighted by Gasteiger charge is -2.08. The molecular formula is C18H15N3O2. The maximum absolute atomic E-state index is 12.4. The van der Waals surface area contributed by atoms with Crippen LogP contribution in [0.5, 0.6) is 5.75 Å². The topological polar surface area (TPSA) is 56.2 Å². The average molecular weight is 305 g/mol. The number of fused-ring (bicyclic) bond motifs is 1. The van der Waals surface area contributed by atoms with E-state index in [4.69, 9.17) is 4.74 Å². The Kier molecular flexibility index (Phi) is 3.31. The Morgan fingerprint density at radius 2 is 2.04 bits per heavy atom. The molecule has 0 unspecified atom stereocenters. The molecule has 0 bridgehead atoms. The molecule has 1 aromatic heterocycles. The van der Waals surface area contributed by atoms with Gasteiger partial charge in [-0.2, -0.15) is 0 Å². The lowest BCUT2D eigenvalue weighted by molar-refractivity contribution is 0.102. The maximum Gasteiger partial charge on any atom is 0.255 e. The number of nitrogens with one attached hydrogen (secondary N) is 1. The number of amides is 1. The quantitative estimate of drug-likeness (QED) is 0.809. The molecule has 0 atom stereocenters. The van der Waals surface area contributed by atoms with E-state index in [0.29, 0.717) is 12.2 Å². The predicted octanol–water partition coefficient (Wildman–Crippen LogP) is 3.06. The number of hydrogen-bond acceptors (Lipinski definition) is 3. The molecule has 0 spiro atoms. The molecule has 4 rings (SSSR count). The highest BCUT2D eigenvalue weighted by atomic mass is 16.5. The van der Waals surface area contributed by atoms with Crippen LogP contribution in [-0.4, -0.2) is 22.1 Å². The van der Waals surface area contributed by atoms with Crippen LogP contribution >= 0.6 is 0 Å². The Morgan fingerprint density at radius 1 is 1.17 bits per heavy atom. The molecule has 1 amide bonds. The second-order valence-electron chi connectivity index (χ2n) is 5.39. The normalized spacial score (nSPS) is 12.5. The van der Waals surface area contributed by atoms with Gasteiger partial charge in [0.15, 0.2) is 0 Å². The van der Waals surface area contributed by atoms with Crippen molar-refractivity contribution in [3.8, 4) is 11.4 Å². The Hall–Kier alpha value is -3.08. The largest absolute Gasteiger partial charge is 0.493 e. The summed E-state index contributed by atoms with van der Waals surface area (Å²) in [7, 11) is 0. The minimum atomic E-state index is -0.116. The third kappa shape index (κ3) is 2.68. The van der Waals surface area contributed by atoms with E-state index in [0.717, 1.165) is 29.1 Å². The SMILES string of the molecule is O=C(Nc1ccc(-n2ccnc2)cc1)c1ccc2c(c1)CCO2. The number of carbonyl (C=O) groups is 1. The summed E-state index contributed by atoms with van der Waals surface area (Å²) in [5.41, 5.74) is 3.49. The maximum atomic E-state index is 12.4. The van der Waals surface area contributed by atoms with E-state index >= 15 is 0 Å². The van der Waals surface area contributed by atoms with Crippen molar-refractivity contribution in [3.63, 3.8) is 0 Å². The molecule has 1 aliphatic rings. The molecule has 114 valence electrons. The first-order valence-electron chi connectivity index (χ1n) is 7.45. The van der Waals surface area contributed by atoms with Crippen molar-refractivity contribution in [2.75, 3.05) is 11.9 Å². The summed E-state index contributed by atoms with van der Waals surface area (Å²) >= 11 is 0. The first-order valence-corrected chi connectivity index (χ1v) is 7.45. The summed E-state index contributed by atoms with van der Waals surface area (Å²) in [5.74, 6) is 0.765. The van der Waals surface area contributed by atoms with Crippen LogP contribution in [0.1, 0.15) is 15.9 Å². The lowest BCUT2D eigenvalue weighted by Crippen LogP contribution is -2.12. The van der Waals surface area contributed by atoms with Gasteiger partial charge >= 0.3 is 0 Å². The van der Waals surface area contributed by atoms with Crippen LogP contribution in [0.3, 0.4) is 0 Å². The van der Waals surface area contributed by atoms with E-state index < -0.39 is 0 Å². The molecule has 0 saturated carbocycles. The Bertz CT molecular complexity index is 839. The van der Waals surface area contributed by atoms with Gasteiger partial charge in [0, 0.05) is 35.8 Å². The fourth-order valence-electron chi connectivity index (χ4n) is 2.66. The fraction of sp³-hybridized carbons (Fsp3) is 0.111. The van der Waals surface area contributed by atoms with Crippen LogP contribution in [0.25, 0.3) is 5.69 Å². The van der Waals surface area contributed by atoms with Crippen LogP contribution in [0.2, 0.25) is 0 Å². The molecule has 0 radical (unpaired) electrons. The van der Waals surface area contributed by atoms with E-state index in [1.54, 1.807) is 18.6 Å². The number of imidazole rings is 1. The second-order valence-corrected chi connectivity index (χ2v) is 5.39. The number of anilines is 1. The summed E-state index contributed by atoms with van der Waals surface area (Å²) < 4.78 is 7.37. The Labute approximate surface area is 133 Å². The standard InChI is InChI=1S/C18H15N3O2/c22-18(14-1-6-17-13(11-14)7-10-23-17)20-15-2-4-16(5-3-15)21-9-8-19-12-21/h1-6,8-9,11-12H,7,10H2,(H,20,22). The van der Waals surface area contributed by atoms with Gasteiger partial charge in [0.05, 0.1) is 12.9 Å². The molecular weight excluding hydrogens is 290 g/mol. The van der Waals surface area contributed by atoms with Gasteiger partial charge in [-0.15, -0.1) is 0 Å². The first kappa shape index (κ1) is 13.6. The fourth-order valence-corrected chi connectivity index (χ4v) is 2.66. The molecule has 5 heteroatoms. The highest BCUT2D eigenvalue weighted by molar-refractivity contribution is 6.04. The zero-order valence-corrected chi connectivity index (χ0v) is 12.4. The average Bonchev–Trinajstić information content (AvgIpc) is 3.26. The third-order valence-corrected chi connectivity index (χ3v) is 3.88. The molecule has 2 aromatic carbocycles. The summed E-state index contributed by atoms with van der Waals surface area (Å²) in [4.78, 5) is 16.4. The van der Waals surface area contributed by atoms with Gasteiger partial charge in [0.2, 0.25) is 0 Å². The van der Waals surface area contributed by atoms with Crippen LogP contribution in [0, 0.1) is 0 Å². The molecule has 0 saturated heterocycles. The number of hydrogen-bond donors (Lipinski definition) is 1. The molecule has 0 aliphatic carbocycles. The minimum Gasteiger partial charge on any atom is -0.493 e. The first-order chi connectivity index (χ1) is 11.3. The van der Waals surface area contributed by atoms with Crippen molar-refractivity contribution in [1.82, 2.24) is 9.55 Å². The summed E-state index contributed by atoms with van der Waals surface area (Å²) in [6, 6.07) is 13.2. The van der Waals surface area contributed by atoms with Gasteiger partial charge in [-0.05, 0) is 48.0 Å². The molecule has 23 heavy (non-hydrogen) atoms. The van der Waals surface area contributed by atoms with E-state index in [1.165, 1.54) is 0 Å². The molecule has 5 nitrogen and oxygen atoms in total. The Balaban J connectivity index is 1.50. The van der Waals surface area contributed by atoms with Crippen LogP contribution < -0.4 is 10.1 Å². The van der Waals surface area contributed by atoms with E-state index in [1.807, 2.05) is 47.2 Å². The van der Waals surface area contributed by atoms with Crippen molar-refractivity contribution in [1.29, 1.82) is 0 Å². The molecule has 2 heterocycles. The summed E-state index contributed by atoms with van der Waals surface area (Å²) in [5, 5.41) is 2.92. The highest BCUT2D eigenvalue weighted by Gasteiger charge is 2.15. The van der Waals surface area contributed by atoms with E-state index in [-0.39, 0.29) is 5.91 Å². The van der Waals surface area contributed by atoms with Crippen molar-refractivity contribution >= 4 is 11.6 Å². The highest BCUT2D eigenvalue weighted by Crippen LogP contribution is 2.26. The third-order valence-electron chi connectivity index (χ3n) is 3.88. The van der Waals surface area contributed by atoms with Crippen molar-refractivity contribution in [2.45, 2.75) is 6.42 Å². The van der Waals surface area contributed by atoms with Gasteiger partial charge in [-0.3, -0.25) is 4.79 Å². The van der Waals surface area contributed by atoms with Gasteiger partial charge < -0.3 is 14.6 Å². The molecule has 0 fully saturated rings. The number of aromatic nitrogens is 2. The molecule has 1 N–H and O–H groups in total. The minimum absolute atomic E-state index is 0.116. The number of nitrogens with zero attached hydrogens (tertiary/aromatic N) is 2. The van der Waals surface area contributed by atoms with E-state index in [2.05, 4.69) is 10.3 Å². The Morgan fingerprint density at radius 3 is 2.83 bits per heavy atom. The summed E-state index contributed by atoms with van der Waals surface area (Å²) in [6.45, 7) is 0.691. The second kappa shape index (κ2) is 5.61. The number of ether oxygens (including phenoxy) is 1. The number of rotatable bonds is 3.